The Morgan fingerprint density at radius 2 is 1.67 bits per heavy atom. The fraction of sp³-hybridized carbons (Fsp3) is 0.429. The van der Waals surface area contributed by atoms with E-state index >= 15 is 0 Å². The molecular formula is C14H15F3N2O4S. The molecule has 2 aromatic rings. The van der Waals surface area contributed by atoms with Crippen LogP contribution in [-0.4, -0.2) is 43.5 Å². The third-order valence-corrected chi connectivity index (χ3v) is 3.75. The Balaban J connectivity index is 2.20. The number of rotatable bonds is 7. The van der Waals surface area contributed by atoms with Gasteiger partial charge in [0.25, 0.3) is 5.22 Å². The molecule has 10 heteroatoms. The predicted molar refractivity (Wildman–Crippen MR) is 80.8 cm³/mol. The summed E-state index contributed by atoms with van der Waals surface area (Å²) in [6, 6.07) is 3.22. The summed E-state index contributed by atoms with van der Waals surface area (Å²) in [5.41, 5.74) is 0.500. The zero-order valence-corrected chi connectivity index (χ0v) is 14.0. The Bertz CT molecular complexity index is 666. The quantitative estimate of drug-likeness (QED) is 0.692. The lowest BCUT2D eigenvalue weighted by Gasteiger charge is -2.12. The van der Waals surface area contributed by atoms with E-state index in [1.807, 2.05) is 0 Å². The Morgan fingerprint density at radius 1 is 1.04 bits per heavy atom. The molecule has 0 saturated heterocycles. The highest BCUT2D eigenvalue weighted by molar-refractivity contribution is 7.99. The van der Waals surface area contributed by atoms with E-state index in [0.29, 0.717) is 22.8 Å². The minimum Gasteiger partial charge on any atom is -0.493 e. The van der Waals surface area contributed by atoms with Gasteiger partial charge in [-0.05, 0) is 12.1 Å². The van der Waals surface area contributed by atoms with E-state index in [4.69, 9.17) is 18.6 Å². The van der Waals surface area contributed by atoms with Crippen molar-refractivity contribution in [1.82, 2.24) is 10.2 Å². The maximum absolute atomic E-state index is 12.1. The number of hydrogen-bond acceptors (Lipinski definition) is 7. The first-order chi connectivity index (χ1) is 11.4. The fourth-order valence-electron chi connectivity index (χ4n) is 1.84. The van der Waals surface area contributed by atoms with Crippen molar-refractivity contribution in [3.63, 3.8) is 0 Å². The van der Waals surface area contributed by atoms with Gasteiger partial charge in [-0.25, -0.2) is 0 Å². The Hall–Kier alpha value is -2.10. The van der Waals surface area contributed by atoms with Crippen LogP contribution in [0.5, 0.6) is 17.2 Å². The lowest BCUT2D eigenvalue weighted by molar-refractivity contribution is -0.129. The summed E-state index contributed by atoms with van der Waals surface area (Å²) in [5, 5.41) is 7.63. The number of aromatic nitrogens is 2. The molecule has 1 aromatic carbocycles. The van der Waals surface area contributed by atoms with Crippen molar-refractivity contribution in [2.24, 2.45) is 0 Å². The largest absolute Gasteiger partial charge is 0.493 e. The fourth-order valence-corrected chi connectivity index (χ4v) is 2.59. The van der Waals surface area contributed by atoms with E-state index in [2.05, 4.69) is 10.2 Å². The molecule has 0 aliphatic heterocycles. The minimum absolute atomic E-state index is 0.0583. The second kappa shape index (κ2) is 7.65. The molecule has 0 saturated carbocycles. The van der Waals surface area contributed by atoms with Gasteiger partial charge in [0.05, 0.1) is 27.8 Å². The highest BCUT2D eigenvalue weighted by Crippen LogP contribution is 2.41. The number of hydrogen-bond donors (Lipinski definition) is 0. The molecule has 0 unspecified atom stereocenters. The molecule has 0 fully saturated rings. The van der Waals surface area contributed by atoms with E-state index in [1.54, 1.807) is 12.1 Å². The first kappa shape index (κ1) is 18.2. The van der Waals surface area contributed by atoms with Crippen molar-refractivity contribution in [3.05, 3.63) is 12.1 Å². The van der Waals surface area contributed by atoms with Crippen molar-refractivity contribution in [1.29, 1.82) is 0 Å². The Morgan fingerprint density at radius 3 is 2.17 bits per heavy atom. The predicted octanol–water partition coefficient (Wildman–Crippen LogP) is 3.81. The van der Waals surface area contributed by atoms with Gasteiger partial charge in [-0.1, -0.05) is 11.8 Å². The standard InChI is InChI=1S/C14H15F3N2O4S/c1-20-9-6-8(7-10(21-2)11(9)22-3)12-18-19-13(23-12)24-5-4-14(15,16)17/h6-7H,4-5H2,1-3H3. The molecule has 0 bridgehead atoms. The van der Waals surface area contributed by atoms with Gasteiger partial charge < -0.3 is 18.6 Å². The molecule has 24 heavy (non-hydrogen) atoms. The summed E-state index contributed by atoms with van der Waals surface area (Å²) < 4.78 is 57.5. The molecular weight excluding hydrogens is 349 g/mol. The number of thioether (sulfide) groups is 1. The van der Waals surface area contributed by atoms with Gasteiger partial charge in [0, 0.05) is 11.3 Å². The molecule has 0 radical (unpaired) electrons. The Kier molecular flexibility index (Phi) is 5.81. The van der Waals surface area contributed by atoms with E-state index in [9.17, 15) is 13.2 Å². The van der Waals surface area contributed by atoms with Crippen molar-refractivity contribution in [2.45, 2.75) is 17.8 Å². The van der Waals surface area contributed by atoms with Gasteiger partial charge in [-0.3, -0.25) is 0 Å². The molecule has 0 amide bonds. The van der Waals surface area contributed by atoms with E-state index in [1.165, 1.54) is 21.3 Å². The van der Waals surface area contributed by atoms with Gasteiger partial charge in [-0.15, -0.1) is 10.2 Å². The first-order valence-electron chi connectivity index (χ1n) is 6.71. The van der Waals surface area contributed by atoms with E-state index in [-0.39, 0.29) is 16.9 Å². The zero-order valence-electron chi connectivity index (χ0n) is 13.1. The second-order valence-corrected chi connectivity index (χ2v) is 5.55. The molecule has 0 atom stereocenters. The average molecular weight is 364 g/mol. The summed E-state index contributed by atoms with van der Waals surface area (Å²) in [7, 11) is 4.41. The molecule has 0 spiro atoms. The number of nitrogens with zero attached hydrogens (tertiary/aromatic N) is 2. The van der Waals surface area contributed by atoms with Gasteiger partial charge in [0.1, 0.15) is 0 Å². The van der Waals surface area contributed by atoms with Gasteiger partial charge >= 0.3 is 6.18 Å². The van der Waals surface area contributed by atoms with Crippen molar-refractivity contribution in [3.8, 4) is 28.7 Å². The monoisotopic (exact) mass is 364 g/mol. The number of halogens is 3. The molecule has 6 nitrogen and oxygen atoms in total. The summed E-state index contributed by atoms with van der Waals surface area (Å²) in [6.07, 6.45) is -5.15. The van der Waals surface area contributed by atoms with Crippen LogP contribution in [0.15, 0.2) is 21.8 Å². The molecule has 0 aliphatic carbocycles. The van der Waals surface area contributed by atoms with Crippen LogP contribution < -0.4 is 14.2 Å². The number of benzene rings is 1. The summed E-state index contributed by atoms with van der Waals surface area (Å²) in [6.45, 7) is 0. The highest BCUT2D eigenvalue weighted by atomic mass is 32.2. The second-order valence-electron chi connectivity index (χ2n) is 4.50. The molecule has 132 valence electrons. The third-order valence-electron chi connectivity index (χ3n) is 2.93. The lowest BCUT2D eigenvalue weighted by atomic mass is 10.2. The molecule has 0 aliphatic rings. The topological polar surface area (TPSA) is 66.6 Å². The van der Waals surface area contributed by atoms with Gasteiger partial charge in [-0.2, -0.15) is 13.2 Å². The molecule has 1 aromatic heterocycles. The maximum Gasteiger partial charge on any atom is 0.389 e. The van der Waals surface area contributed by atoms with E-state index < -0.39 is 12.6 Å². The first-order valence-corrected chi connectivity index (χ1v) is 7.70. The number of ether oxygens (including phenoxy) is 3. The summed E-state index contributed by atoms with van der Waals surface area (Å²) in [4.78, 5) is 0. The number of methoxy groups -OCH3 is 3. The van der Waals surface area contributed by atoms with Crippen LogP contribution in [-0.2, 0) is 0 Å². The summed E-state index contributed by atoms with van der Waals surface area (Å²) in [5.74, 6) is 1.15. The van der Waals surface area contributed by atoms with Crippen LogP contribution in [0.1, 0.15) is 6.42 Å². The van der Waals surface area contributed by atoms with Crippen molar-refractivity contribution in [2.75, 3.05) is 27.1 Å². The highest BCUT2D eigenvalue weighted by Gasteiger charge is 2.27. The average Bonchev–Trinajstić information content (AvgIpc) is 3.01. The maximum atomic E-state index is 12.1. The van der Waals surface area contributed by atoms with Crippen LogP contribution in [0.25, 0.3) is 11.5 Å². The van der Waals surface area contributed by atoms with Crippen LogP contribution in [0.2, 0.25) is 0 Å². The van der Waals surface area contributed by atoms with Crippen LogP contribution in [0.4, 0.5) is 13.2 Å². The normalized spacial score (nSPS) is 11.4. The summed E-state index contributed by atoms with van der Waals surface area (Å²) >= 11 is 0.843. The number of alkyl halides is 3. The Labute approximate surface area is 140 Å². The van der Waals surface area contributed by atoms with Crippen LogP contribution in [0.3, 0.4) is 0 Å². The smallest absolute Gasteiger partial charge is 0.389 e. The minimum atomic E-state index is -4.22. The zero-order chi connectivity index (χ0) is 17.7. The molecule has 2 rings (SSSR count). The van der Waals surface area contributed by atoms with Gasteiger partial charge in [0.2, 0.25) is 11.6 Å². The molecule has 0 N–H and O–H groups in total. The molecule has 1 heterocycles. The van der Waals surface area contributed by atoms with E-state index in [0.717, 1.165) is 11.8 Å². The van der Waals surface area contributed by atoms with Crippen LogP contribution >= 0.6 is 11.8 Å². The lowest BCUT2D eigenvalue weighted by Crippen LogP contribution is -2.07. The SMILES string of the molecule is COc1cc(-c2nnc(SCCC(F)(F)F)o2)cc(OC)c1OC. The third kappa shape index (κ3) is 4.47. The van der Waals surface area contributed by atoms with Crippen LogP contribution in [0, 0.1) is 0 Å². The van der Waals surface area contributed by atoms with Crippen molar-refractivity contribution < 1.29 is 31.8 Å². The van der Waals surface area contributed by atoms with Crippen molar-refractivity contribution >= 4 is 11.8 Å². The van der Waals surface area contributed by atoms with Gasteiger partial charge in [0.15, 0.2) is 11.5 Å².